The van der Waals surface area contributed by atoms with Crippen molar-refractivity contribution in [2.75, 3.05) is 25.5 Å². The predicted molar refractivity (Wildman–Crippen MR) is 158 cm³/mol. The summed E-state index contributed by atoms with van der Waals surface area (Å²) in [6, 6.07) is 10.1. The number of likely N-dealkylation sites (N-methyl/N-ethyl adjacent to an activating group) is 1. The summed E-state index contributed by atoms with van der Waals surface area (Å²) in [5.74, 6) is -0.714. The van der Waals surface area contributed by atoms with E-state index < -0.39 is 17.7 Å². The Morgan fingerprint density at radius 2 is 2.00 bits per heavy atom. The first kappa shape index (κ1) is 29.8. The van der Waals surface area contributed by atoms with Gasteiger partial charge in [0.2, 0.25) is 11.8 Å². The van der Waals surface area contributed by atoms with Crippen molar-refractivity contribution < 1.29 is 18.4 Å². The van der Waals surface area contributed by atoms with Gasteiger partial charge < -0.3 is 20.1 Å². The number of likely N-dealkylation sites (tertiary alicyclic amines) is 1. The number of para-hydroxylation sites is 1. The topological polar surface area (TPSA) is 82.5 Å². The van der Waals surface area contributed by atoms with E-state index in [2.05, 4.69) is 26.6 Å². The van der Waals surface area contributed by atoms with Crippen LogP contribution in [0.15, 0.2) is 48.9 Å². The molecule has 0 spiro atoms. The summed E-state index contributed by atoms with van der Waals surface area (Å²) in [5, 5.41) is 6.39. The number of halogens is 2. The van der Waals surface area contributed by atoms with E-state index in [1.807, 2.05) is 47.8 Å². The number of benzene rings is 2. The Kier molecular flexibility index (Phi) is 9.33. The zero-order valence-corrected chi connectivity index (χ0v) is 24.6. The average molecular weight is 579 g/mol. The number of nitrogens with zero attached hydrogens (tertiary/aromatic N) is 4. The lowest BCUT2D eigenvalue weighted by atomic mass is 9.87. The number of imidazole rings is 1. The Bertz CT molecular complexity index is 1430. The Morgan fingerprint density at radius 3 is 2.79 bits per heavy atom. The average Bonchev–Trinajstić information content (AvgIpc) is 3.63. The number of hydrogen-bond acceptors (Lipinski definition) is 5. The maximum absolute atomic E-state index is 14.4. The maximum Gasteiger partial charge on any atom is 0.242 e. The SMILES string of the molecule is CCCC(N[C@H]1CCc2cc(F)cc(F)c2C1)C(=O)Nc1cn(-c2ccccc2CN2CCC(N(C)C(C)=O)C2)cn1. The molecule has 2 aromatic carbocycles. The summed E-state index contributed by atoms with van der Waals surface area (Å²) in [6.07, 6.45) is 7.59. The highest BCUT2D eigenvalue weighted by Crippen LogP contribution is 2.26. The number of fused-ring (bicyclic) bond motifs is 1. The molecule has 0 saturated carbocycles. The standard InChI is InChI=1S/C32H40F2N6O2/c1-4-7-29(36-25-11-10-22-14-24(33)15-28(34)27(22)16-25)32(42)37-31-19-40(20-35-31)30-9-6-5-8-23(30)17-39-13-12-26(18-39)38(3)21(2)41/h5-6,8-9,14-15,19-20,25-26,29,36H,4,7,10-13,16-18H2,1-3H3,(H,37,42)/t25-,26?,29?/m0/s1. The Hall–Kier alpha value is -3.63. The second-order valence-electron chi connectivity index (χ2n) is 11.6. The number of amides is 2. The molecule has 3 aromatic rings. The fourth-order valence-electron chi connectivity index (χ4n) is 6.19. The molecule has 8 nitrogen and oxygen atoms in total. The Labute approximate surface area is 246 Å². The van der Waals surface area contributed by atoms with Gasteiger partial charge in [0.1, 0.15) is 18.0 Å². The largest absolute Gasteiger partial charge is 0.342 e. The fourth-order valence-corrected chi connectivity index (χ4v) is 6.19. The van der Waals surface area contributed by atoms with E-state index in [0.717, 1.165) is 49.8 Å². The van der Waals surface area contributed by atoms with E-state index in [4.69, 9.17) is 0 Å². The van der Waals surface area contributed by atoms with E-state index >= 15 is 0 Å². The minimum absolute atomic E-state index is 0.0791. The van der Waals surface area contributed by atoms with Crippen molar-refractivity contribution in [2.45, 2.75) is 77.0 Å². The van der Waals surface area contributed by atoms with Gasteiger partial charge in [-0.05, 0) is 60.9 Å². The van der Waals surface area contributed by atoms with Gasteiger partial charge in [-0.3, -0.25) is 14.5 Å². The minimum atomic E-state index is -0.551. The van der Waals surface area contributed by atoms with Gasteiger partial charge in [0.15, 0.2) is 5.82 Å². The number of rotatable bonds is 10. The van der Waals surface area contributed by atoms with Crippen LogP contribution in [-0.2, 0) is 29.0 Å². The lowest BCUT2D eigenvalue weighted by molar-refractivity contribution is -0.129. The van der Waals surface area contributed by atoms with Gasteiger partial charge in [-0.25, -0.2) is 13.8 Å². The van der Waals surface area contributed by atoms with Crippen LogP contribution in [0.3, 0.4) is 0 Å². The van der Waals surface area contributed by atoms with Crippen molar-refractivity contribution in [3.63, 3.8) is 0 Å². The monoisotopic (exact) mass is 578 g/mol. The van der Waals surface area contributed by atoms with Crippen LogP contribution >= 0.6 is 0 Å². The first-order valence-electron chi connectivity index (χ1n) is 14.8. The molecular formula is C32H40F2N6O2. The van der Waals surface area contributed by atoms with Crippen LogP contribution in [0.5, 0.6) is 0 Å². The molecule has 2 aliphatic rings. The molecule has 0 bridgehead atoms. The van der Waals surface area contributed by atoms with E-state index in [0.29, 0.717) is 42.6 Å². The number of aryl methyl sites for hydroxylation is 1. The van der Waals surface area contributed by atoms with E-state index in [1.54, 1.807) is 13.3 Å². The van der Waals surface area contributed by atoms with Crippen LogP contribution in [0.25, 0.3) is 5.69 Å². The molecule has 1 aliphatic heterocycles. The number of nitrogens with one attached hydrogen (secondary N) is 2. The maximum atomic E-state index is 14.4. The summed E-state index contributed by atoms with van der Waals surface area (Å²) in [7, 11) is 1.86. The molecule has 224 valence electrons. The lowest BCUT2D eigenvalue weighted by Crippen LogP contribution is -2.48. The van der Waals surface area contributed by atoms with Crippen LogP contribution in [0, 0.1) is 11.6 Å². The van der Waals surface area contributed by atoms with Gasteiger partial charge in [0.05, 0.1) is 17.9 Å². The zero-order valence-electron chi connectivity index (χ0n) is 24.6. The van der Waals surface area contributed by atoms with E-state index in [9.17, 15) is 18.4 Å². The number of aromatic nitrogens is 2. The molecule has 1 aromatic heterocycles. The van der Waals surface area contributed by atoms with E-state index in [-0.39, 0.29) is 23.9 Å². The van der Waals surface area contributed by atoms with Gasteiger partial charge in [-0.2, -0.15) is 0 Å². The van der Waals surface area contributed by atoms with Gasteiger partial charge in [-0.1, -0.05) is 31.5 Å². The van der Waals surface area contributed by atoms with Crippen molar-refractivity contribution in [3.8, 4) is 5.69 Å². The summed E-state index contributed by atoms with van der Waals surface area (Å²) in [4.78, 5) is 33.8. The van der Waals surface area contributed by atoms with Crippen LogP contribution in [0.4, 0.5) is 14.6 Å². The molecule has 1 saturated heterocycles. The fraction of sp³-hybridized carbons (Fsp3) is 0.469. The molecular weight excluding hydrogens is 538 g/mol. The van der Waals surface area contributed by atoms with Crippen molar-refractivity contribution in [1.29, 1.82) is 0 Å². The molecule has 2 unspecified atom stereocenters. The molecule has 0 radical (unpaired) electrons. The van der Waals surface area contributed by atoms with Gasteiger partial charge in [-0.15, -0.1) is 0 Å². The molecule has 2 amide bonds. The van der Waals surface area contributed by atoms with Gasteiger partial charge >= 0.3 is 0 Å². The first-order chi connectivity index (χ1) is 20.2. The highest BCUT2D eigenvalue weighted by molar-refractivity contribution is 5.94. The van der Waals surface area contributed by atoms with Gasteiger partial charge in [0.25, 0.3) is 0 Å². The summed E-state index contributed by atoms with van der Waals surface area (Å²) in [6.45, 7) is 6.13. The number of anilines is 1. The van der Waals surface area contributed by atoms with Crippen LogP contribution < -0.4 is 10.6 Å². The molecule has 2 N–H and O–H groups in total. The van der Waals surface area contributed by atoms with Crippen LogP contribution in [0.1, 0.15) is 56.2 Å². The third-order valence-corrected chi connectivity index (χ3v) is 8.59. The zero-order chi connectivity index (χ0) is 29.8. The number of hydrogen-bond donors (Lipinski definition) is 2. The van der Waals surface area contributed by atoms with Crippen molar-refractivity contribution >= 4 is 17.6 Å². The van der Waals surface area contributed by atoms with Crippen molar-refractivity contribution in [2.24, 2.45) is 0 Å². The van der Waals surface area contributed by atoms with E-state index in [1.165, 1.54) is 6.07 Å². The molecule has 5 rings (SSSR count). The summed E-state index contributed by atoms with van der Waals surface area (Å²) >= 11 is 0. The molecule has 42 heavy (non-hydrogen) atoms. The highest BCUT2D eigenvalue weighted by Gasteiger charge is 2.29. The molecule has 1 aliphatic carbocycles. The summed E-state index contributed by atoms with van der Waals surface area (Å²) < 4.78 is 30.0. The number of carbonyl (C=O) groups is 2. The molecule has 10 heteroatoms. The smallest absolute Gasteiger partial charge is 0.242 e. The predicted octanol–water partition coefficient (Wildman–Crippen LogP) is 4.46. The second kappa shape index (κ2) is 13.1. The van der Waals surface area contributed by atoms with Gasteiger partial charge in [0, 0.05) is 51.8 Å². The first-order valence-corrected chi connectivity index (χ1v) is 14.8. The molecule has 2 heterocycles. The highest BCUT2D eigenvalue weighted by atomic mass is 19.1. The molecule has 3 atom stereocenters. The van der Waals surface area contributed by atoms with Crippen LogP contribution in [-0.4, -0.2) is 69.4 Å². The quantitative estimate of drug-likeness (QED) is 0.371. The third-order valence-electron chi connectivity index (χ3n) is 8.59. The summed E-state index contributed by atoms with van der Waals surface area (Å²) in [5.41, 5.74) is 3.36. The second-order valence-corrected chi connectivity index (χ2v) is 11.6. The molecule has 1 fully saturated rings. The van der Waals surface area contributed by atoms with Crippen molar-refractivity contribution in [1.82, 2.24) is 24.7 Å². The number of carbonyl (C=O) groups excluding carboxylic acids is 2. The normalized spacial score (nSPS) is 19.4. The Balaban J connectivity index is 1.22. The van der Waals surface area contributed by atoms with Crippen LogP contribution in [0.2, 0.25) is 0 Å². The third kappa shape index (κ3) is 6.87. The minimum Gasteiger partial charge on any atom is -0.342 e. The van der Waals surface area contributed by atoms with Crippen molar-refractivity contribution in [3.05, 3.63) is 77.2 Å². The Morgan fingerprint density at radius 1 is 1.19 bits per heavy atom. The lowest BCUT2D eigenvalue weighted by Gasteiger charge is -2.29.